The molecule has 0 aromatic rings. The fraction of sp³-hybridized carbons (Fsp3) is 0.873. The quantitative estimate of drug-likeness (QED) is 0.0275. The monoisotopic (exact) mass is 1030 g/mol. The predicted molar refractivity (Wildman–Crippen MR) is 305 cm³/mol. The van der Waals surface area contributed by atoms with E-state index in [1.54, 1.807) is 0 Å². The molecule has 0 radical (unpaired) electrons. The number of amides is 1. The smallest absolute Gasteiger partial charge is 0.407 e. The van der Waals surface area contributed by atoms with Gasteiger partial charge >= 0.3 is 24.0 Å². The molecule has 1 aliphatic heterocycles. The second-order valence-corrected chi connectivity index (χ2v) is 21.7. The van der Waals surface area contributed by atoms with E-state index in [1.165, 1.54) is 116 Å². The van der Waals surface area contributed by atoms with Gasteiger partial charge in [-0.3, -0.25) is 9.59 Å². The maximum Gasteiger partial charge on any atom is 0.407 e. The molecule has 3 atom stereocenters. The van der Waals surface area contributed by atoms with E-state index in [2.05, 4.69) is 69.1 Å². The molecule has 0 aromatic carbocycles. The van der Waals surface area contributed by atoms with E-state index < -0.39 is 35.7 Å². The molecule has 0 spiro atoms. The van der Waals surface area contributed by atoms with Crippen LogP contribution in [0.5, 0.6) is 0 Å². The number of likely N-dealkylation sites (tertiary alicyclic amines) is 1. The number of alkyl carbamates (subject to hydrolysis) is 1. The zero-order chi connectivity index (χ0) is 53.1. The fourth-order valence-corrected chi connectivity index (χ4v) is 9.83. The predicted octanol–water partition coefficient (Wildman–Crippen LogP) is 17.7. The van der Waals surface area contributed by atoms with Crippen molar-refractivity contribution < 1.29 is 38.1 Å². The van der Waals surface area contributed by atoms with Gasteiger partial charge in [-0.25, -0.2) is 9.59 Å². The Kier molecular flexibility index (Phi) is 46.6. The molecule has 0 saturated carbocycles. The number of ether oxygens (including phenoxy) is 4. The Morgan fingerprint density at radius 3 is 1.53 bits per heavy atom. The van der Waals surface area contributed by atoms with E-state index in [4.69, 9.17) is 18.9 Å². The van der Waals surface area contributed by atoms with E-state index in [9.17, 15) is 19.2 Å². The molecule has 1 heterocycles. The van der Waals surface area contributed by atoms with Crippen LogP contribution in [0.15, 0.2) is 24.3 Å². The Morgan fingerprint density at radius 2 is 0.959 bits per heavy atom. The highest BCUT2D eigenvalue weighted by molar-refractivity contribution is 5.84. The lowest BCUT2D eigenvalue weighted by Gasteiger charge is -2.33. The van der Waals surface area contributed by atoms with Crippen LogP contribution in [-0.2, 0) is 33.3 Å². The molecule has 1 rings (SSSR count). The largest absolute Gasteiger partial charge is 0.461 e. The van der Waals surface area contributed by atoms with Crippen LogP contribution < -0.4 is 5.32 Å². The molecule has 1 fully saturated rings. The molecule has 1 amide bonds. The summed E-state index contributed by atoms with van der Waals surface area (Å²) in [5.74, 6) is -1.52. The third kappa shape index (κ3) is 40.1. The Morgan fingerprint density at radius 1 is 0.493 bits per heavy atom. The van der Waals surface area contributed by atoms with Gasteiger partial charge in [-0.2, -0.15) is 0 Å². The molecular weight excluding hydrogens is 913 g/mol. The van der Waals surface area contributed by atoms with Crippen LogP contribution >= 0.6 is 0 Å². The summed E-state index contributed by atoms with van der Waals surface area (Å²) in [6.07, 6.45) is 49.2. The molecule has 10 nitrogen and oxygen atoms in total. The van der Waals surface area contributed by atoms with E-state index in [-0.39, 0.29) is 32.0 Å². The summed E-state index contributed by atoms with van der Waals surface area (Å²) in [4.78, 5) is 57.9. The van der Waals surface area contributed by atoms with Crippen molar-refractivity contribution in [3.8, 4) is 0 Å². The molecule has 0 aromatic heterocycles. The van der Waals surface area contributed by atoms with Gasteiger partial charge in [0.2, 0.25) is 5.60 Å². The minimum atomic E-state index is -1.74. The summed E-state index contributed by atoms with van der Waals surface area (Å²) < 4.78 is 24.8. The third-order valence-electron chi connectivity index (χ3n) is 14.7. The number of carbonyl (C=O) groups is 4. The standard InChI is InChI=1S/C63H116N2O8/c1-6-11-16-20-24-25-26-27-28-29-30-31-33-37-41-48-60(67)73-63(51-42-38-34-22-18-13-8-3,61(68)71-57(46-39-35-23-19-14-9-4)47-40-36-32-21-17-12-7-2)56-70-59(66)50-49-58(45-15-10-5)72-62(69)64-52-55-65-53-43-44-54-65/h24-25,27-28,57-58H,6-23,26,29-56H2,1-5H3,(H,64,69)/b25-24-,28-27-. The Hall–Kier alpha value is -2.88. The van der Waals surface area contributed by atoms with Crippen molar-refractivity contribution in [3.05, 3.63) is 24.3 Å². The van der Waals surface area contributed by atoms with Gasteiger partial charge in [0, 0.05) is 32.4 Å². The number of rotatable bonds is 52. The van der Waals surface area contributed by atoms with Crippen molar-refractivity contribution in [1.29, 1.82) is 0 Å². The molecule has 3 unspecified atom stereocenters. The van der Waals surface area contributed by atoms with E-state index >= 15 is 0 Å². The van der Waals surface area contributed by atoms with Crippen LogP contribution in [-0.4, -0.2) is 79.5 Å². The van der Waals surface area contributed by atoms with Gasteiger partial charge in [0.05, 0.1) is 0 Å². The van der Waals surface area contributed by atoms with Crippen molar-refractivity contribution in [2.75, 3.05) is 32.8 Å². The molecule has 1 saturated heterocycles. The summed E-state index contributed by atoms with van der Waals surface area (Å²) in [6.45, 7) is 14.1. The van der Waals surface area contributed by atoms with Gasteiger partial charge in [-0.1, -0.05) is 213 Å². The number of carbonyl (C=O) groups excluding carboxylic acids is 4. The maximum absolute atomic E-state index is 14.9. The summed E-state index contributed by atoms with van der Waals surface area (Å²) >= 11 is 0. The van der Waals surface area contributed by atoms with Gasteiger partial charge in [-0.15, -0.1) is 0 Å². The summed E-state index contributed by atoms with van der Waals surface area (Å²) in [7, 11) is 0. The molecule has 1 aliphatic rings. The number of hydrogen-bond acceptors (Lipinski definition) is 9. The number of unbranched alkanes of at least 4 members (excludes halogenated alkanes) is 26. The minimum Gasteiger partial charge on any atom is -0.461 e. The van der Waals surface area contributed by atoms with Crippen molar-refractivity contribution in [2.24, 2.45) is 0 Å². The highest BCUT2D eigenvalue weighted by atomic mass is 16.6. The van der Waals surface area contributed by atoms with Crippen LogP contribution in [0.2, 0.25) is 0 Å². The van der Waals surface area contributed by atoms with Crippen LogP contribution in [0.4, 0.5) is 4.79 Å². The van der Waals surface area contributed by atoms with E-state index in [1.807, 2.05) is 0 Å². The van der Waals surface area contributed by atoms with Crippen molar-refractivity contribution in [3.63, 3.8) is 0 Å². The Bertz CT molecular complexity index is 1360. The highest BCUT2D eigenvalue weighted by Gasteiger charge is 2.46. The molecule has 1 N–H and O–H groups in total. The number of allylic oxidation sites excluding steroid dienone is 4. The zero-order valence-corrected chi connectivity index (χ0v) is 48.4. The average molecular weight is 1030 g/mol. The van der Waals surface area contributed by atoms with Crippen molar-refractivity contribution in [1.82, 2.24) is 10.2 Å². The Balaban J connectivity index is 3.20. The number of nitrogens with one attached hydrogen (secondary N) is 1. The first-order valence-electron chi connectivity index (χ1n) is 31.3. The molecule has 426 valence electrons. The summed E-state index contributed by atoms with van der Waals surface area (Å²) in [5.41, 5.74) is -1.74. The van der Waals surface area contributed by atoms with Gasteiger partial charge in [0.1, 0.15) is 18.8 Å². The SMILES string of the molecule is CCCCC/C=C\C/C=C\CCCCCCCC(=O)OC(CCCCCCCCC)(COC(=O)CCC(CCCC)OC(=O)NCCN1CCCC1)C(=O)OC(CCCCCCCC)CCCCCCCCC. The summed E-state index contributed by atoms with van der Waals surface area (Å²) in [6, 6.07) is 0. The zero-order valence-electron chi connectivity index (χ0n) is 48.4. The van der Waals surface area contributed by atoms with Crippen molar-refractivity contribution >= 4 is 24.0 Å². The van der Waals surface area contributed by atoms with Crippen LogP contribution in [0.1, 0.15) is 304 Å². The second-order valence-electron chi connectivity index (χ2n) is 21.7. The first-order valence-corrected chi connectivity index (χ1v) is 31.3. The fourth-order valence-electron chi connectivity index (χ4n) is 9.83. The third-order valence-corrected chi connectivity index (χ3v) is 14.7. The van der Waals surface area contributed by atoms with Gasteiger partial charge in [-0.05, 0) is 109 Å². The topological polar surface area (TPSA) is 120 Å². The first-order chi connectivity index (χ1) is 35.7. The molecule has 0 aliphatic carbocycles. The molecular formula is C63H116N2O8. The highest BCUT2D eigenvalue weighted by Crippen LogP contribution is 2.29. The first kappa shape index (κ1) is 68.1. The maximum atomic E-state index is 14.9. The molecule has 73 heavy (non-hydrogen) atoms. The molecule has 0 bridgehead atoms. The minimum absolute atomic E-state index is 0.0107. The van der Waals surface area contributed by atoms with Gasteiger partial charge in [0.25, 0.3) is 0 Å². The summed E-state index contributed by atoms with van der Waals surface area (Å²) in [5, 5.41) is 2.90. The van der Waals surface area contributed by atoms with Crippen LogP contribution in [0.3, 0.4) is 0 Å². The lowest BCUT2D eigenvalue weighted by molar-refractivity contribution is -0.197. The van der Waals surface area contributed by atoms with E-state index in [0.29, 0.717) is 32.2 Å². The lowest BCUT2D eigenvalue weighted by Crippen LogP contribution is -2.50. The Labute approximate surface area is 449 Å². The van der Waals surface area contributed by atoms with Crippen LogP contribution in [0.25, 0.3) is 0 Å². The van der Waals surface area contributed by atoms with Gasteiger partial charge < -0.3 is 29.2 Å². The van der Waals surface area contributed by atoms with Crippen molar-refractivity contribution in [2.45, 2.75) is 322 Å². The lowest BCUT2D eigenvalue weighted by atomic mass is 9.95. The van der Waals surface area contributed by atoms with Crippen LogP contribution in [0, 0.1) is 0 Å². The van der Waals surface area contributed by atoms with E-state index in [0.717, 1.165) is 129 Å². The second kappa shape index (κ2) is 50.0. The number of esters is 3. The number of hydrogen-bond donors (Lipinski definition) is 1. The van der Waals surface area contributed by atoms with Gasteiger partial charge in [0.15, 0.2) is 0 Å². The number of nitrogens with zero attached hydrogens (tertiary/aromatic N) is 1. The average Bonchev–Trinajstić information content (AvgIpc) is 3.91. The normalized spacial score (nSPS) is 14.6. The molecule has 10 heteroatoms.